The van der Waals surface area contributed by atoms with E-state index in [0.717, 1.165) is 39.2 Å². The van der Waals surface area contributed by atoms with Crippen LogP contribution in [0.1, 0.15) is 12.0 Å². The third-order valence-corrected chi connectivity index (χ3v) is 5.39. The van der Waals surface area contributed by atoms with Crippen molar-refractivity contribution in [2.24, 2.45) is 11.3 Å². The van der Waals surface area contributed by atoms with Gasteiger partial charge in [-0.05, 0) is 25.1 Å². The standard InChI is InChI=1S/C18H25FN2O2/c1-20-10-15(11-23-2)18(12-20)7-8-21(13-18)17(22)9-14-5-3-4-6-16(14)19/h3-6,15H,7-13H2,1-2H3/t15-,18-/m0/s1. The number of carbonyl (C=O) groups excluding carboxylic acids is 1. The second-order valence-electron chi connectivity index (χ2n) is 7.04. The fraction of sp³-hybridized carbons (Fsp3) is 0.611. The van der Waals surface area contributed by atoms with E-state index in [4.69, 9.17) is 4.74 Å². The van der Waals surface area contributed by atoms with Gasteiger partial charge in [0.05, 0.1) is 13.0 Å². The maximum atomic E-state index is 13.8. The number of amides is 1. The minimum atomic E-state index is -0.299. The van der Waals surface area contributed by atoms with Crippen molar-refractivity contribution < 1.29 is 13.9 Å². The lowest BCUT2D eigenvalue weighted by Crippen LogP contribution is -2.38. The molecular weight excluding hydrogens is 295 g/mol. The first kappa shape index (κ1) is 16.4. The van der Waals surface area contributed by atoms with Crippen molar-refractivity contribution in [2.45, 2.75) is 12.8 Å². The van der Waals surface area contributed by atoms with Crippen LogP contribution in [0.15, 0.2) is 24.3 Å². The number of methoxy groups -OCH3 is 1. The molecule has 3 rings (SSSR count). The molecule has 0 unspecified atom stereocenters. The van der Waals surface area contributed by atoms with E-state index < -0.39 is 0 Å². The zero-order chi connectivity index (χ0) is 16.4. The van der Waals surface area contributed by atoms with E-state index >= 15 is 0 Å². The van der Waals surface area contributed by atoms with Gasteiger partial charge in [0.25, 0.3) is 0 Å². The highest BCUT2D eigenvalue weighted by atomic mass is 19.1. The molecule has 126 valence electrons. The summed E-state index contributed by atoms with van der Waals surface area (Å²) < 4.78 is 19.1. The molecule has 2 aliphatic rings. The largest absolute Gasteiger partial charge is 0.384 e. The van der Waals surface area contributed by atoms with E-state index in [1.807, 2.05) is 4.90 Å². The van der Waals surface area contributed by atoms with Crippen LogP contribution in [-0.2, 0) is 16.0 Å². The van der Waals surface area contributed by atoms with Gasteiger partial charge in [0.15, 0.2) is 0 Å². The average Bonchev–Trinajstić information content (AvgIpc) is 3.07. The molecule has 23 heavy (non-hydrogen) atoms. The van der Waals surface area contributed by atoms with Gasteiger partial charge in [-0.15, -0.1) is 0 Å². The topological polar surface area (TPSA) is 32.8 Å². The summed E-state index contributed by atoms with van der Waals surface area (Å²) >= 11 is 0. The van der Waals surface area contributed by atoms with Gasteiger partial charge in [-0.2, -0.15) is 0 Å². The highest BCUT2D eigenvalue weighted by Gasteiger charge is 2.50. The van der Waals surface area contributed by atoms with Crippen LogP contribution in [0, 0.1) is 17.2 Å². The lowest BCUT2D eigenvalue weighted by molar-refractivity contribution is -0.130. The Morgan fingerprint density at radius 1 is 1.39 bits per heavy atom. The van der Waals surface area contributed by atoms with Crippen LogP contribution in [0.3, 0.4) is 0 Å². The molecule has 1 spiro atoms. The van der Waals surface area contributed by atoms with Crippen LogP contribution >= 0.6 is 0 Å². The van der Waals surface area contributed by atoms with Crippen LogP contribution in [0.25, 0.3) is 0 Å². The fourth-order valence-electron chi connectivity index (χ4n) is 4.22. The Balaban J connectivity index is 1.67. The number of halogens is 1. The number of hydrogen-bond donors (Lipinski definition) is 0. The van der Waals surface area contributed by atoms with Crippen LogP contribution in [0.5, 0.6) is 0 Å². The Labute approximate surface area is 137 Å². The number of likely N-dealkylation sites (tertiary alicyclic amines) is 2. The van der Waals surface area contributed by atoms with E-state index in [1.165, 1.54) is 6.07 Å². The smallest absolute Gasteiger partial charge is 0.227 e. The molecule has 5 heteroatoms. The predicted molar refractivity (Wildman–Crippen MR) is 86.6 cm³/mol. The zero-order valence-electron chi connectivity index (χ0n) is 13.9. The molecule has 1 aromatic carbocycles. The minimum absolute atomic E-state index is 0.0256. The molecule has 2 fully saturated rings. The quantitative estimate of drug-likeness (QED) is 0.848. The average molecular weight is 320 g/mol. The van der Waals surface area contributed by atoms with Crippen molar-refractivity contribution in [1.82, 2.24) is 9.80 Å². The molecule has 0 bridgehead atoms. The van der Waals surface area contributed by atoms with Crippen molar-refractivity contribution in [3.63, 3.8) is 0 Å². The first-order chi connectivity index (χ1) is 11.0. The first-order valence-electron chi connectivity index (χ1n) is 8.23. The van der Waals surface area contributed by atoms with E-state index in [9.17, 15) is 9.18 Å². The fourth-order valence-corrected chi connectivity index (χ4v) is 4.22. The van der Waals surface area contributed by atoms with Gasteiger partial charge in [-0.25, -0.2) is 4.39 Å². The van der Waals surface area contributed by atoms with Gasteiger partial charge in [-0.1, -0.05) is 18.2 Å². The molecule has 0 aliphatic carbocycles. The monoisotopic (exact) mass is 320 g/mol. The van der Waals surface area contributed by atoms with E-state index in [0.29, 0.717) is 11.5 Å². The maximum Gasteiger partial charge on any atom is 0.227 e. The highest BCUT2D eigenvalue weighted by Crippen LogP contribution is 2.43. The molecular formula is C18H25FN2O2. The third-order valence-electron chi connectivity index (χ3n) is 5.39. The summed E-state index contributed by atoms with van der Waals surface area (Å²) in [5, 5.41) is 0. The molecule has 2 atom stereocenters. The summed E-state index contributed by atoms with van der Waals surface area (Å²) in [6.45, 7) is 4.29. The predicted octanol–water partition coefficient (Wildman–Crippen LogP) is 1.79. The van der Waals surface area contributed by atoms with Crippen LogP contribution in [-0.4, -0.2) is 62.7 Å². The van der Waals surface area contributed by atoms with Crippen molar-refractivity contribution in [2.75, 3.05) is 46.9 Å². The third kappa shape index (κ3) is 3.26. The maximum absolute atomic E-state index is 13.8. The van der Waals surface area contributed by atoms with Crippen molar-refractivity contribution in [1.29, 1.82) is 0 Å². The molecule has 0 radical (unpaired) electrons. The molecule has 1 amide bonds. The minimum Gasteiger partial charge on any atom is -0.384 e. The number of carbonyl (C=O) groups is 1. The van der Waals surface area contributed by atoms with E-state index in [2.05, 4.69) is 11.9 Å². The van der Waals surface area contributed by atoms with Crippen LogP contribution in [0.4, 0.5) is 4.39 Å². The summed E-state index contributed by atoms with van der Waals surface area (Å²) in [7, 11) is 3.86. The van der Waals surface area contributed by atoms with Gasteiger partial charge in [0.1, 0.15) is 5.82 Å². The molecule has 2 saturated heterocycles. The van der Waals surface area contributed by atoms with Gasteiger partial charge in [-0.3, -0.25) is 4.79 Å². The summed E-state index contributed by atoms with van der Waals surface area (Å²) in [4.78, 5) is 16.8. The SMILES string of the molecule is COC[C@@H]1CN(C)C[C@]12CCN(C(=O)Cc1ccccc1F)C2. The van der Waals surface area contributed by atoms with Gasteiger partial charge < -0.3 is 14.5 Å². The number of rotatable bonds is 4. The second-order valence-corrected chi connectivity index (χ2v) is 7.04. The van der Waals surface area contributed by atoms with Crippen molar-refractivity contribution >= 4 is 5.91 Å². The molecule has 2 heterocycles. The number of ether oxygens (including phenoxy) is 1. The number of nitrogens with zero attached hydrogens (tertiary/aromatic N) is 2. The first-order valence-corrected chi connectivity index (χ1v) is 8.23. The summed E-state index contributed by atoms with van der Waals surface area (Å²) in [5.74, 6) is 0.189. The van der Waals surface area contributed by atoms with Gasteiger partial charge in [0.2, 0.25) is 5.91 Å². The lowest BCUT2D eigenvalue weighted by atomic mass is 9.77. The Hall–Kier alpha value is -1.46. The Morgan fingerprint density at radius 2 is 2.17 bits per heavy atom. The molecule has 2 aliphatic heterocycles. The Morgan fingerprint density at radius 3 is 2.91 bits per heavy atom. The van der Waals surface area contributed by atoms with E-state index in [-0.39, 0.29) is 23.6 Å². The summed E-state index contributed by atoms with van der Waals surface area (Å²) in [6, 6.07) is 6.53. The molecule has 0 N–H and O–H groups in total. The van der Waals surface area contributed by atoms with Gasteiger partial charge in [0, 0.05) is 44.6 Å². The van der Waals surface area contributed by atoms with Crippen LogP contribution < -0.4 is 0 Å². The molecule has 0 saturated carbocycles. The summed E-state index contributed by atoms with van der Waals surface area (Å²) in [5.41, 5.74) is 0.616. The van der Waals surface area contributed by atoms with Gasteiger partial charge >= 0.3 is 0 Å². The van der Waals surface area contributed by atoms with Crippen LogP contribution in [0.2, 0.25) is 0 Å². The van der Waals surface area contributed by atoms with Crippen molar-refractivity contribution in [3.8, 4) is 0 Å². The molecule has 1 aromatic rings. The Bertz CT molecular complexity index is 580. The highest BCUT2D eigenvalue weighted by molar-refractivity contribution is 5.79. The molecule has 0 aromatic heterocycles. The molecule has 4 nitrogen and oxygen atoms in total. The Kier molecular flexibility index (Phi) is 4.69. The summed E-state index contributed by atoms with van der Waals surface area (Å²) in [6.07, 6.45) is 1.15. The number of benzene rings is 1. The zero-order valence-corrected chi connectivity index (χ0v) is 13.9. The second kappa shape index (κ2) is 6.57. The number of hydrogen-bond acceptors (Lipinski definition) is 3. The van der Waals surface area contributed by atoms with Crippen molar-refractivity contribution in [3.05, 3.63) is 35.6 Å². The normalized spacial score (nSPS) is 28.0. The lowest BCUT2D eigenvalue weighted by Gasteiger charge is -2.30. The van der Waals surface area contributed by atoms with E-state index in [1.54, 1.807) is 25.3 Å².